The van der Waals surface area contributed by atoms with Crippen molar-refractivity contribution in [2.45, 2.75) is 13.0 Å². The van der Waals surface area contributed by atoms with Crippen LogP contribution in [0.1, 0.15) is 5.56 Å². The van der Waals surface area contributed by atoms with Crippen LogP contribution in [0.3, 0.4) is 0 Å². The number of benzene rings is 1. The molecule has 1 unspecified atom stereocenters. The predicted molar refractivity (Wildman–Crippen MR) is 98.2 cm³/mol. The second-order valence-corrected chi connectivity index (χ2v) is 5.73. The van der Waals surface area contributed by atoms with E-state index >= 15 is 0 Å². The predicted octanol–water partition coefficient (Wildman–Crippen LogP) is 1.10. The zero-order chi connectivity index (χ0) is 17.8. The third-order valence-corrected chi connectivity index (χ3v) is 3.67. The van der Waals surface area contributed by atoms with E-state index in [2.05, 4.69) is 25.6 Å². The van der Waals surface area contributed by atoms with Crippen molar-refractivity contribution < 1.29 is 5.11 Å². The van der Waals surface area contributed by atoms with Crippen molar-refractivity contribution in [2.75, 3.05) is 23.7 Å². The number of hydrogen-bond donors (Lipinski definition) is 5. The monoisotopic (exact) mass is 340 g/mol. The van der Waals surface area contributed by atoms with Gasteiger partial charge < -0.3 is 26.5 Å². The number of rotatable bonds is 6. The van der Waals surface area contributed by atoms with E-state index in [4.69, 9.17) is 5.73 Å². The van der Waals surface area contributed by atoms with E-state index in [9.17, 15) is 9.90 Å². The first kappa shape index (κ1) is 16.9. The van der Waals surface area contributed by atoms with Gasteiger partial charge in [0, 0.05) is 25.0 Å². The third kappa shape index (κ3) is 3.93. The Kier molecular flexibility index (Phi) is 4.92. The standard InChI is InChI=1S/C17H20N6O2/c1-10-3-2-4-11(7-10)21-15-14-13(5-6-19-16(14)25)22-17(23-15)20-9-12(24)8-18/h2-7,12,24H,8-9,18H2,1H3,(H,19,25)(H2,20,21,22,23). The highest BCUT2D eigenvalue weighted by atomic mass is 16.3. The van der Waals surface area contributed by atoms with Crippen molar-refractivity contribution >= 4 is 28.4 Å². The molecule has 8 heteroatoms. The molecule has 2 aromatic heterocycles. The Hall–Kier alpha value is -2.97. The number of aryl methyl sites for hydroxylation is 1. The van der Waals surface area contributed by atoms with E-state index < -0.39 is 6.10 Å². The number of hydrogen-bond acceptors (Lipinski definition) is 7. The Morgan fingerprint density at radius 3 is 2.92 bits per heavy atom. The molecule has 25 heavy (non-hydrogen) atoms. The number of aromatic amines is 1. The molecular weight excluding hydrogens is 320 g/mol. The summed E-state index contributed by atoms with van der Waals surface area (Å²) >= 11 is 0. The molecule has 1 aromatic carbocycles. The lowest BCUT2D eigenvalue weighted by atomic mass is 10.2. The molecule has 0 radical (unpaired) electrons. The Morgan fingerprint density at radius 2 is 2.16 bits per heavy atom. The van der Waals surface area contributed by atoms with Gasteiger partial charge in [0.1, 0.15) is 11.2 Å². The summed E-state index contributed by atoms with van der Waals surface area (Å²) in [6.07, 6.45) is 0.832. The fourth-order valence-corrected chi connectivity index (χ4v) is 2.41. The smallest absolute Gasteiger partial charge is 0.261 e. The van der Waals surface area contributed by atoms with Gasteiger partial charge in [-0.1, -0.05) is 12.1 Å². The summed E-state index contributed by atoms with van der Waals surface area (Å²) in [4.78, 5) is 23.6. The molecule has 130 valence electrons. The maximum absolute atomic E-state index is 12.2. The first-order valence-corrected chi connectivity index (χ1v) is 7.92. The summed E-state index contributed by atoms with van der Waals surface area (Å²) in [5.41, 5.74) is 7.53. The molecule has 0 fully saturated rings. The molecule has 2 heterocycles. The van der Waals surface area contributed by atoms with Gasteiger partial charge in [-0.05, 0) is 30.7 Å². The molecule has 0 amide bonds. The summed E-state index contributed by atoms with van der Waals surface area (Å²) in [7, 11) is 0. The van der Waals surface area contributed by atoms with Gasteiger partial charge in [-0.3, -0.25) is 4.79 Å². The number of aliphatic hydroxyl groups excluding tert-OH is 1. The molecular formula is C17H20N6O2. The molecule has 0 aliphatic carbocycles. The van der Waals surface area contributed by atoms with Crippen molar-refractivity contribution in [3.8, 4) is 0 Å². The van der Waals surface area contributed by atoms with Gasteiger partial charge in [0.25, 0.3) is 5.56 Å². The first-order valence-electron chi connectivity index (χ1n) is 7.92. The van der Waals surface area contributed by atoms with Gasteiger partial charge >= 0.3 is 0 Å². The van der Waals surface area contributed by atoms with Gasteiger partial charge in [0.15, 0.2) is 0 Å². The molecule has 0 saturated heterocycles. The average molecular weight is 340 g/mol. The third-order valence-electron chi connectivity index (χ3n) is 3.67. The number of nitrogens with two attached hydrogens (primary N) is 1. The number of fused-ring (bicyclic) bond motifs is 1. The quantitative estimate of drug-likeness (QED) is 0.454. The van der Waals surface area contributed by atoms with Crippen molar-refractivity contribution in [1.82, 2.24) is 15.0 Å². The van der Waals surface area contributed by atoms with Crippen LogP contribution in [0.5, 0.6) is 0 Å². The van der Waals surface area contributed by atoms with E-state index in [-0.39, 0.29) is 18.6 Å². The molecule has 3 aromatic rings. The van der Waals surface area contributed by atoms with Crippen LogP contribution in [0.25, 0.3) is 10.9 Å². The molecule has 0 saturated carbocycles. The number of nitrogens with one attached hydrogen (secondary N) is 3. The fraction of sp³-hybridized carbons (Fsp3) is 0.235. The average Bonchev–Trinajstić information content (AvgIpc) is 2.59. The van der Waals surface area contributed by atoms with Gasteiger partial charge in [0.2, 0.25) is 5.95 Å². The lowest BCUT2D eigenvalue weighted by Crippen LogP contribution is -2.28. The molecule has 3 rings (SSSR count). The number of anilines is 3. The number of aromatic nitrogens is 3. The number of H-pyrrole nitrogens is 1. The minimum atomic E-state index is -0.702. The van der Waals surface area contributed by atoms with Crippen molar-refractivity contribution in [3.05, 3.63) is 52.4 Å². The molecule has 0 aliphatic rings. The SMILES string of the molecule is Cc1cccc(Nc2nc(NCC(O)CN)nc3cc[nH]c(=O)c23)c1. The Balaban J connectivity index is 2.02. The van der Waals surface area contributed by atoms with E-state index in [1.165, 1.54) is 6.20 Å². The first-order chi connectivity index (χ1) is 12.1. The van der Waals surface area contributed by atoms with Crippen molar-refractivity contribution in [3.63, 3.8) is 0 Å². The van der Waals surface area contributed by atoms with Crippen LogP contribution in [0.2, 0.25) is 0 Å². The summed E-state index contributed by atoms with van der Waals surface area (Å²) < 4.78 is 0. The summed E-state index contributed by atoms with van der Waals surface area (Å²) in [6, 6.07) is 9.45. The zero-order valence-electron chi connectivity index (χ0n) is 13.8. The highest BCUT2D eigenvalue weighted by Crippen LogP contribution is 2.22. The van der Waals surface area contributed by atoms with Crippen LogP contribution in [-0.2, 0) is 0 Å². The van der Waals surface area contributed by atoms with Crippen LogP contribution in [0, 0.1) is 6.92 Å². The lowest BCUT2D eigenvalue weighted by molar-refractivity contribution is 0.196. The molecule has 0 spiro atoms. The summed E-state index contributed by atoms with van der Waals surface area (Å²) in [5, 5.41) is 16.1. The van der Waals surface area contributed by atoms with E-state index in [0.717, 1.165) is 11.3 Å². The lowest BCUT2D eigenvalue weighted by Gasteiger charge is -2.13. The Bertz CT molecular complexity index is 940. The van der Waals surface area contributed by atoms with Crippen LogP contribution in [0.4, 0.5) is 17.5 Å². The minimum Gasteiger partial charge on any atom is -0.390 e. The van der Waals surface area contributed by atoms with E-state index in [0.29, 0.717) is 22.7 Å². The van der Waals surface area contributed by atoms with Gasteiger partial charge in [-0.25, -0.2) is 4.98 Å². The zero-order valence-corrected chi connectivity index (χ0v) is 13.8. The van der Waals surface area contributed by atoms with Gasteiger partial charge in [0.05, 0.1) is 11.6 Å². The highest BCUT2D eigenvalue weighted by Gasteiger charge is 2.12. The number of nitrogens with zero attached hydrogens (tertiary/aromatic N) is 2. The second-order valence-electron chi connectivity index (χ2n) is 5.73. The highest BCUT2D eigenvalue weighted by molar-refractivity contribution is 5.90. The van der Waals surface area contributed by atoms with Crippen LogP contribution in [-0.4, -0.2) is 39.3 Å². The fourth-order valence-electron chi connectivity index (χ4n) is 2.41. The largest absolute Gasteiger partial charge is 0.390 e. The maximum atomic E-state index is 12.2. The van der Waals surface area contributed by atoms with Gasteiger partial charge in [-0.15, -0.1) is 0 Å². The van der Waals surface area contributed by atoms with Gasteiger partial charge in [-0.2, -0.15) is 4.98 Å². The van der Waals surface area contributed by atoms with E-state index in [1.54, 1.807) is 6.07 Å². The maximum Gasteiger partial charge on any atom is 0.261 e. The van der Waals surface area contributed by atoms with E-state index in [1.807, 2.05) is 31.2 Å². The minimum absolute atomic E-state index is 0.134. The topological polar surface area (TPSA) is 129 Å². The second kappa shape index (κ2) is 7.29. The molecule has 0 aliphatic heterocycles. The Morgan fingerprint density at radius 1 is 1.32 bits per heavy atom. The van der Waals surface area contributed by atoms with Crippen LogP contribution >= 0.6 is 0 Å². The molecule has 8 nitrogen and oxygen atoms in total. The van der Waals surface area contributed by atoms with Crippen LogP contribution < -0.4 is 21.9 Å². The molecule has 1 atom stereocenters. The molecule has 0 bridgehead atoms. The normalized spacial score (nSPS) is 12.1. The number of pyridine rings is 1. The molecule has 6 N–H and O–H groups in total. The van der Waals surface area contributed by atoms with Crippen molar-refractivity contribution in [2.24, 2.45) is 5.73 Å². The van der Waals surface area contributed by atoms with Crippen molar-refractivity contribution in [1.29, 1.82) is 0 Å². The number of aliphatic hydroxyl groups is 1. The van der Waals surface area contributed by atoms with Crippen LogP contribution in [0.15, 0.2) is 41.3 Å². The summed E-state index contributed by atoms with van der Waals surface area (Å²) in [6.45, 7) is 2.33. The summed E-state index contributed by atoms with van der Waals surface area (Å²) in [5.74, 6) is 0.697. The Labute approximate surface area is 144 Å².